The standard InChI is InChI=1S/2C14H14N4O5.2C10H17N4O3.C9H9NO3.C7H6O.C5H6ClN3O2.C5H10NO.2ClH2/c2*1-21-12-16-13(22-2)18-14(17-12)23-10(19)8-15-11(20)9-6-4-3-5-7-9;2*1-14(4-6-17-7-5-14)8-11-9(15-2)13-10(12-8)16-3;11-8(12)6-10-9(13)7-4-2-1-3-5-7;8-6-7-4-2-1-3-5-7;1-10-4-7-3(6)8-5(9-4)11-2;1-6-2-4-7-5-3-6;;/h2*3-7H,8H2,1-2H3,(H,15,20);2*4-7H2,1-3H3;1-5H,6H2,(H,10,13)(H,11,12);1-6H;1-2H3;4H,2-3,5H2,1H3;2*1H2/q;;2*+1;;;;3*+1/p+2. The van der Waals surface area contributed by atoms with Crippen LogP contribution in [0.4, 0.5) is 11.9 Å². The summed E-state index contributed by atoms with van der Waals surface area (Å²) < 4.78 is 75.9. The van der Waals surface area contributed by atoms with Gasteiger partial charge in [-0.1, -0.05) is 84.9 Å². The number of likely N-dealkylation sites (N-methyl/N-ethyl adjacent to an activating group) is 3. The Morgan fingerprint density at radius 1 is 0.438 bits per heavy atom. The quantitative estimate of drug-likeness (QED) is 0.0278. The molecule has 4 aromatic carbocycles. The summed E-state index contributed by atoms with van der Waals surface area (Å²) in [7, 11) is 20.7. The first kappa shape index (κ1) is 102. The topological polar surface area (TPSA) is 513 Å². The second-order valence-corrected chi connectivity index (χ2v) is 24.2. The lowest BCUT2D eigenvalue weighted by Crippen LogP contribution is -2.54. The molecule has 0 spiro atoms. The van der Waals surface area contributed by atoms with Crippen LogP contribution in [0.2, 0.25) is 5.28 Å². The Kier molecular flexibility index (Phi) is 47.5. The van der Waals surface area contributed by atoms with Gasteiger partial charge in [0.1, 0.15) is 58.7 Å². The van der Waals surface area contributed by atoms with Gasteiger partial charge in [0.05, 0.1) is 136 Å². The fourth-order valence-corrected chi connectivity index (χ4v) is 9.11. The Balaban J connectivity index is 0.000000365. The molecule has 6 N–H and O–H groups in total. The highest BCUT2D eigenvalue weighted by molar-refractivity contribution is 6.28. The molecule has 5 aromatic heterocycles. The van der Waals surface area contributed by atoms with Crippen LogP contribution in [-0.4, -0.2) is 301 Å². The molecule has 0 aliphatic carbocycles. The summed E-state index contributed by atoms with van der Waals surface area (Å²) in [6.07, 6.45) is 0.833. The van der Waals surface area contributed by atoms with E-state index in [4.69, 9.17) is 87.8 Å². The summed E-state index contributed by atoms with van der Waals surface area (Å²) in [5.41, 5.74) is 2.07. The maximum Gasteiger partial charge on any atom is 0.486 e. The van der Waals surface area contributed by atoms with Crippen molar-refractivity contribution in [2.75, 3.05) is 184 Å². The number of quaternary nitrogens is 2. The number of aliphatic carboxylic acids is 1. The van der Waals surface area contributed by atoms with Gasteiger partial charge in [-0.15, -0.1) is 34.9 Å². The average Bonchev–Trinajstić information content (AvgIpc) is 0.806. The van der Waals surface area contributed by atoms with Crippen LogP contribution >= 0.6 is 11.6 Å². The van der Waals surface area contributed by atoms with Crippen LogP contribution in [0.5, 0.6) is 72.1 Å². The van der Waals surface area contributed by atoms with Crippen LogP contribution in [0.15, 0.2) is 121 Å². The Hall–Kier alpha value is -13.1. The summed E-state index contributed by atoms with van der Waals surface area (Å²) in [6.45, 7) is 9.84. The molecule has 44 nitrogen and oxygen atoms in total. The summed E-state index contributed by atoms with van der Waals surface area (Å²) in [6, 6.07) is 35.7. The van der Waals surface area contributed by atoms with Gasteiger partial charge in [-0.05, 0) is 55.0 Å². The zero-order valence-corrected chi connectivity index (χ0v) is 71.0. The van der Waals surface area contributed by atoms with E-state index < -0.39 is 17.9 Å². The van der Waals surface area contributed by atoms with Gasteiger partial charge in [-0.3, -0.25) is 37.8 Å². The van der Waals surface area contributed by atoms with Gasteiger partial charge in [0, 0.05) is 48.7 Å². The van der Waals surface area contributed by atoms with Crippen molar-refractivity contribution in [3.8, 4) is 72.1 Å². The van der Waals surface area contributed by atoms with Crippen molar-refractivity contribution in [3.63, 3.8) is 0 Å². The van der Waals surface area contributed by atoms with Gasteiger partial charge in [-0.25, -0.2) is 9.59 Å². The van der Waals surface area contributed by atoms with E-state index in [-0.39, 0.29) is 140 Å². The molecule has 12 rings (SSSR count). The molecule has 0 radical (unpaired) electrons. The summed E-state index contributed by atoms with van der Waals surface area (Å²) >= 11 is 5.49. The molecule has 3 amide bonds. The van der Waals surface area contributed by atoms with E-state index in [2.05, 4.69) is 117 Å². The van der Waals surface area contributed by atoms with Crippen LogP contribution in [0.1, 0.15) is 41.4 Å². The van der Waals surface area contributed by atoms with Gasteiger partial charge < -0.3 is 87.4 Å². The lowest BCUT2D eigenvalue weighted by Gasteiger charge is -2.34. The first-order chi connectivity index (χ1) is 57.4. The Morgan fingerprint density at radius 2 is 0.736 bits per heavy atom. The average molecular weight is 1760 g/mol. The number of rotatable bonds is 24. The van der Waals surface area contributed by atoms with Crippen molar-refractivity contribution in [2.45, 2.75) is 0 Å². The normalized spacial score (nSPS) is 12.8. The van der Waals surface area contributed by atoms with Crippen LogP contribution in [-0.2, 0) is 28.6 Å². The van der Waals surface area contributed by atoms with E-state index in [0.29, 0.717) is 64.0 Å². The number of aromatic amines is 2. The van der Waals surface area contributed by atoms with E-state index >= 15 is 0 Å². The maximum absolute atomic E-state index is 11.8. The number of methoxy groups -OCH3 is 10. The summed E-state index contributed by atoms with van der Waals surface area (Å²) in [5, 5.41) is 15.5. The number of ether oxygens (including phenoxy) is 15. The highest BCUT2D eigenvalue weighted by Crippen LogP contribution is 2.24. The molecule has 9 aromatic rings. The molecule has 8 heterocycles. The number of hydrogen-bond acceptors (Lipinski definition) is 36. The lowest BCUT2D eigenvalue weighted by atomic mass is 10.2. The number of halogens is 3. The number of esters is 2. The Morgan fingerprint density at radius 3 is 0.983 bits per heavy atom. The third kappa shape index (κ3) is 38.0. The van der Waals surface area contributed by atoms with Crippen molar-refractivity contribution in [3.05, 3.63) is 155 Å². The number of amides is 3. The minimum Gasteiger partial charge on any atom is -0.480 e. The smallest absolute Gasteiger partial charge is 0.480 e. The number of aromatic nitrogens is 15. The van der Waals surface area contributed by atoms with Gasteiger partial charge in [0.15, 0.2) is 6.54 Å². The number of hydrogen-bond donors (Lipinski definition) is 4. The molecule has 0 unspecified atom stereocenters. The number of nitrogens with one attached hydrogen (secondary N) is 5. The number of carbonyl (C=O) groups excluding carboxylic acids is 6. The molecule has 0 atom stereocenters. The minimum atomic E-state index is -1.05. The van der Waals surface area contributed by atoms with Gasteiger partial charge in [-0.2, -0.15) is 24.7 Å². The second-order valence-electron chi connectivity index (χ2n) is 23.8. The summed E-state index contributed by atoms with van der Waals surface area (Å²) in [5.74, 6) is -2.37. The van der Waals surface area contributed by atoms with Crippen molar-refractivity contribution < 1.29 is 145 Å². The molecular weight excluding hydrogens is 1660 g/mol. The van der Waals surface area contributed by atoms with E-state index in [0.717, 1.165) is 57.7 Å². The lowest BCUT2D eigenvalue weighted by molar-refractivity contribution is -0.417. The number of morpholine rings is 3. The molecule has 0 saturated carbocycles. The van der Waals surface area contributed by atoms with Gasteiger partial charge in [0.2, 0.25) is 11.9 Å². The molecule has 3 aliphatic heterocycles. The predicted molar refractivity (Wildman–Crippen MR) is 424 cm³/mol. The fraction of sp³-hybridized carbons (Fsp3) is 0.365. The monoisotopic (exact) mass is 1750 g/mol. The van der Waals surface area contributed by atoms with Crippen molar-refractivity contribution in [2.24, 2.45) is 0 Å². The largest absolute Gasteiger partial charge is 0.486 e. The number of carbonyl (C=O) groups is 7. The highest BCUT2D eigenvalue weighted by Gasteiger charge is 2.35. The molecule has 121 heavy (non-hydrogen) atoms. The van der Waals surface area contributed by atoms with Crippen molar-refractivity contribution in [1.29, 1.82) is 0 Å². The van der Waals surface area contributed by atoms with Crippen LogP contribution < -0.4 is 91.7 Å². The second kappa shape index (κ2) is 56.3. The van der Waals surface area contributed by atoms with Crippen LogP contribution in [0.25, 0.3) is 0 Å². The number of H-pyrrole nitrogens is 2. The predicted octanol–water partition coefficient (Wildman–Crippen LogP) is 0.580. The number of carboxylic acid groups (broad SMARTS) is 1. The number of benzene rings is 4. The summed E-state index contributed by atoms with van der Waals surface area (Å²) in [4.78, 5) is 137. The fourth-order valence-electron chi connectivity index (χ4n) is 8.97. The molecule has 3 saturated heterocycles. The molecule has 0 bridgehead atoms. The number of nitrogens with zero attached hydrogens (tertiary/aromatic N) is 16. The third-order valence-electron chi connectivity index (χ3n) is 15.4. The Bertz CT molecular complexity index is 4280. The Labute approximate surface area is 713 Å². The highest BCUT2D eigenvalue weighted by atomic mass is 35.5. The SMILES string of the molecule is CN1C[CH+]OCC1.COc1nc(Cl)nc(OC)n1.COc1nc(OC(=O)CNC(=O)c2ccccc2)nc(OC)[nH+]1.COc1nc(OC(=O)CNC(=O)c2ccccc2)nc(OC)[nH+]1.COc1nc(OC)nc([N+]2(C)CCOCC2)n1.COc1nc(OC)nc([N+]2(C)CCOCC2)n1.O=C(O)CNC(=O)c1ccccc1.O=Cc1ccccc1.[ClH2+].[ClH2+]. The van der Waals surface area contributed by atoms with Gasteiger partial charge >= 0.3 is 102 Å². The van der Waals surface area contributed by atoms with Crippen LogP contribution in [0.3, 0.4) is 0 Å². The van der Waals surface area contributed by atoms with E-state index in [1.807, 2.05) is 24.8 Å². The van der Waals surface area contributed by atoms with E-state index in [9.17, 15) is 33.6 Å². The zero-order chi connectivity index (χ0) is 86.8. The first-order valence-electron chi connectivity index (χ1n) is 35.5. The van der Waals surface area contributed by atoms with Crippen molar-refractivity contribution in [1.82, 2.24) is 94.6 Å². The number of carboxylic acids is 1. The molecule has 47 heteroatoms. The third-order valence-corrected chi connectivity index (χ3v) is 15.6. The van der Waals surface area contributed by atoms with E-state index in [1.54, 1.807) is 103 Å². The molecular formula is C74H99Cl3N21O23+7. The van der Waals surface area contributed by atoms with Crippen molar-refractivity contribution >= 4 is 65.4 Å². The zero-order valence-electron chi connectivity index (χ0n) is 68.5. The van der Waals surface area contributed by atoms with Crippen LogP contribution in [0, 0.1) is 31.4 Å². The minimum absolute atomic E-state index is 0. The van der Waals surface area contributed by atoms with Gasteiger partial charge in [0.25, 0.3) is 17.7 Å². The number of aldehydes is 1. The molecule has 652 valence electrons. The molecule has 3 fully saturated rings. The maximum atomic E-state index is 11.8. The van der Waals surface area contributed by atoms with E-state index in [1.165, 1.54) is 71.1 Å². The first-order valence-corrected chi connectivity index (χ1v) is 35.8. The molecule has 3 aliphatic rings.